The topological polar surface area (TPSA) is 28.5 Å². The second-order valence-corrected chi connectivity index (χ2v) is 8.03. The SMILES string of the molecule is CC(C)CNC(=S)NC1C[C@H]2CC[C@@H](C1)[NH+]2Cc1ccccc1. The highest BCUT2D eigenvalue weighted by atomic mass is 32.1. The monoisotopic (exact) mass is 332 g/mol. The van der Waals surface area contributed by atoms with E-state index in [9.17, 15) is 0 Å². The van der Waals surface area contributed by atoms with Gasteiger partial charge >= 0.3 is 0 Å². The van der Waals surface area contributed by atoms with Crippen molar-refractivity contribution in [2.24, 2.45) is 5.92 Å². The van der Waals surface area contributed by atoms with Gasteiger partial charge < -0.3 is 15.5 Å². The molecule has 2 aliphatic rings. The Morgan fingerprint density at radius 1 is 1.17 bits per heavy atom. The van der Waals surface area contributed by atoms with E-state index in [2.05, 4.69) is 54.8 Å². The summed E-state index contributed by atoms with van der Waals surface area (Å²) in [5.74, 6) is 0.628. The van der Waals surface area contributed by atoms with Crippen molar-refractivity contribution in [3.63, 3.8) is 0 Å². The smallest absolute Gasteiger partial charge is 0.166 e. The lowest BCUT2D eigenvalue weighted by Crippen LogP contribution is -3.17. The number of piperidine rings is 1. The first-order chi connectivity index (χ1) is 11.1. The molecule has 3 rings (SSSR count). The van der Waals surface area contributed by atoms with Crippen LogP contribution in [0.3, 0.4) is 0 Å². The van der Waals surface area contributed by atoms with Crippen LogP contribution >= 0.6 is 12.2 Å². The summed E-state index contributed by atoms with van der Waals surface area (Å²) >= 11 is 5.46. The van der Waals surface area contributed by atoms with E-state index in [4.69, 9.17) is 12.2 Å². The maximum absolute atomic E-state index is 5.46. The van der Waals surface area contributed by atoms with Gasteiger partial charge in [0.15, 0.2) is 5.11 Å². The maximum Gasteiger partial charge on any atom is 0.166 e. The highest BCUT2D eigenvalue weighted by Gasteiger charge is 2.44. The maximum atomic E-state index is 5.46. The molecule has 3 nitrogen and oxygen atoms in total. The molecule has 2 aliphatic heterocycles. The normalized spacial score (nSPS) is 29.5. The molecule has 0 spiro atoms. The van der Waals surface area contributed by atoms with E-state index in [1.54, 1.807) is 4.90 Å². The molecule has 0 aromatic heterocycles. The van der Waals surface area contributed by atoms with Crippen LogP contribution < -0.4 is 15.5 Å². The fourth-order valence-electron chi connectivity index (χ4n) is 4.20. The van der Waals surface area contributed by atoms with Crippen LogP contribution in [-0.2, 0) is 6.54 Å². The lowest BCUT2D eigenvalue weighted by molar-refractivity contribution is -0.954. The molecule has 2 unspecified atom stereocenters. The Labute approximate surface area is 145 Å². The molecule has 1 aromatic carbocycles. The molecule has 4 atom stereocenters. The highest BCUT2D eigenvalue weighted by Crippen LogP contribution is 2.23. The average molecular weight is 333 g/mol. The van der Waals surface area contributed by atoms with Gasteiger partial charge in [-0.3, -0.25) is 0 Å². The molecule has 0 aliphatic carbocycles. The summed E-state index contributed by atoms with van der Waals surface area (Å²) in [7, 11) is 0. The van der Waals surface area contributed by atoms with Crippen molar-refractivity contribution >= 4 is 17.3 Å². The van der Waals surface area contributed by atoms with Gasteiger partial charge in [-0.2, -0.15) is 0 Å². The Hall–Kier alpha value is -1.13. The van der Waals surface area contributed by atoms with Gasteiger partial charge in [0, 0.05) is 43.8 Å². The van der Waals surface area contributed by atoms with Crippen molar-refractivity contribution in [1.82, 2.24) is 10.6 Å². The van der Waals surface area contributed by atoms with Crippen molar-refractivity contribution in [2.45, 2.75) is 64.2 Å². The summed E-state index contributed by atoms with van der Waals surface area (Å²) in [4.78, 5) is 1.80. The first kappa shape index (κ1) is 16.7. The van der Waals surface area contributed by atoms with E-state index in [0.29, 0.717) is 12.0 Å². The Balaban J connectivity index is 1.52. The molecule has 0 saturated carbocycles. The van der Waals surface area contributed by atoms with Crippen molar-refractivity contribution in [3.8, 4) is 0 Å². The zero-order valence-electron chi connectivity index (χ0n) is 14.3. The van der Waals surface area contributed by atoms with Crippen molar-refractivity contribution in [2.75, 3.05) is 6.54 Å². The summed E-state index contributed by atoms with van der Waals surface area (Å²) < 4.78 is 0. The Morgan fingerprint density at radius 3 is 2.43 bits per heavy atom. The second-order valence-electron chi connectivity index (χ2n) is 7.63. The zero-order chi connectivity index (χ0) is 16.2. The third-order valence-corrected chi connectivity index (χ3v) is 5.57. The number of quaternary nitrogens is 1. The van der Waals surface area contributed by atoms with E-state index in [1.807, 2.05) is 0 Å². The largest absolute Gasteiger partial charge is 0.362 e. The van der Waals surface area contributed by atoms with E-state index in [0.717, 1.165) is 23.7 Å². The molecule has 23 heavy (non-hydrogen) atoms. The third-order valence-electron chi connectivity index (χ3n) is 5.31. The summed E-state index contributed by atoms with van der Waals surface area (Å²) in [5, 5.41) is 7.75. The standard InChI is InChI=1S/C19H29N3S/c1-14(2)12-20-19(23)21-16-10-17-8-9-18(11-16)22(17)13-15-6-4-3-5-7-15/h3-7,14,16-18H,8-13H2,1-2H3,(H2,20,21,23)/p+1/t16?,17-,18+. The minimum absolute atomic E-state index is 0.555. The van der Waals surface area contributed by atoms with Crippen LogP contribution in [-0.4, -0.2) is 29.8 Å². The number of hydrogen-bond donors (Lipinski definition) is 3. The van der Waals surface area contributed by atoms with Crippen molar-refractivity contribution < 1.29 is 4.90 Å². The van der Waals surface area contributed by atoms with Crippen LogP contribution in [0.1, 0.15) is 45.1 Å². The quantitative estimate of drug-likeness (QED) is 0.719. The first-order valence-electron chi connectivity index (χ1n) is 9.05. The molecule has 2 bridgehead atoms. The second kappa shape index (κ2) is 7.63. The summed E-state index contributed by atoms with van der Waals surface area (Å²) in [6, 6.07) is 13.1. The molecule has 126 valence electrons. The lowest BCUT2D eigenvalue weighted by Gasteiger charge is -2.37. The Morgan fingerprint density at radius 2 is 1.83 bits per heavy atom. The number of hydrogen-bond acceptors (Lipinski definition) is 1. The van der Waals surface area contributed by atoms with Crippen LogP contribution in [0.15, 0.2) is 30.3 Å². The van der Waals surface area contributed by atoms with Crippen LogP contribution in [0, 0.1) is 5.92 Å². The van der Waals surface area contributed by atoms with Gasteiger partial charge in [-0.25, -0.2) is 0 Å². The minimum atomic E-state index is 0.555. The highest BCUT2D eigenvalue weighted by molar-refractivity contribution is 7.80. The van der Waals surface area contributed by atoms with Gasteiger partial charge in [-0.05, 0) is 18.1 Å². The average Bonchev–Trinajstić information content (AvgIpc) is 2.77. The van der Waals surface area contributed by atoms with Gasteiger partial charge in [-0.1, -0.05) is 44.2 Å². The summed E-state index contributed by atoms with van der Waals surface area (Å²) in [6.45, 7) is 6.55. The molecular weight excluding hydrogens is 302 g/mol. The minimum Gasteiger partial charge on any atom is -0.362 e. The van der Waals surface area contributed by atoms with Crippen molar-refractivity contribution in [1.29, 1.82) is 0 Å². The molecule has 0 amide bonds. The predicted octanol–water partition coefficient (Wildman–Crippen LogP) is 1.89. The van der Waals surface area contributed by atoms with Gasteiger partial charge in [-0.15, -0.1) is 0 Å². The number of rotatable bonds is 5. The number of benzene rings is 1. The van der Waals surface area contributed by atoms with E-state index in [1.165, 1.54) is 37.8 Å². The third kappa shape index (κ3) is 4.45. The molecule has 2 heterocycles. The summed E-state index contributed by atoms with van der Waals surface area (Å²) in [5.41, 5.74) is 1.47. The van der Waals surface area contributed by atoms with Crippen LogP contribution in [0.4, 0.5) is 0 Å². The van der Waals surface area contributed by atoms with Gasteiger partial charge in [0.25, 0.3) is 0 Å². The van der Waals surface area contributed by atoms with Gasteiger partial charge in [0.05, 0.1) is 12.1 Å². The van der Waals surface area contributed by atoms with Crippen molar-refractivity contribution in [3.05, 3.63) is 35.9 Å². The predicted molar refractivity (Wildman–Crippen MR) is 99.5 cm³/mol. The summed E-state index contributed by atoms with van der Waals surface area (Å²) in [6.07, 6.45) is 5.25. The molecular formula is C19H30N3S+. The van der Waals surface area contributed by atoms with Gasteiger partial charge in [0.1, 0.15) is 6.54 Å². The van der Waals surface area contributed by atoms with Gasteiger partial charge in [0.2, 0.25) is 0 Å². The zero-order valence-corrected chi connectivity index (χ0v) is 15.2. The Kier molecular flexibility index (Phi) is 5.54. The van der Waals surface area contributed by atoms with E-state index >= 15 is 0 Å². The van der Waals surface area contributed by atoms with Crippen LogP contribution in [0.5, 0.6) is 0 Å². The first-order valence-corrected chi connectivity index (χ1v) is 9.46. The molecule has 2 saturated heterocycles. The molecule has 2 fully saturated rings. The molecule has 3 N–H and O–H groups in total. The van der Waals surface area contributed by atoms with Crippen LogP contribution in [0.25, 0.3) is 0 Å². The number of fused-ring (bicyclic) bond motifs is 2. The Bertz CT molecular complexity index is 503. The van der Waals surface area contributed by atoms with E-state index < -0.39 is 0 Å². The molecule has 4 heteroatoms. The lowest BCUT2D eigenvalue weighted by atomic mass is 9.96. The molecule has 1 aromatic rings. The van der Waals surface area contributed by atoms with E-state index in [-0.39, 0.29) is 0 Å². The number of nitrogens with one attached hydrogen (secondary N) is 3. The number of thiocarbonyl (C=S) groups is 1. The van der Waals surface area contributed by atoms with Crippen LogP contribution in [0.2, 0.25) is 0 Å². The fourth-order valence-corrected chi connectivity index (χ4v) is 4.45. The molecule has 0 radical (unpaired) electrons. The fraction of sp³-hybridized carbons (Fsp3) is 0.632.